The lowest BCUT2D eigenvalue weighted by Crippen LogP contribution is -1.95. The molecule has 1 heterocycles. The average Bonchev–Trinajstić information content (AvgIpc) is 3.59. The number of allylic oxidation sites excluding steroid dienone is 1. The second-order valence-corrected chi connectivity index (χ2v) is 12.3. The molecule has 0 N–H and O–H groups in total. The van der Waals surface area contributed by atoms with Crippen LogP contribution in [0.2, 0.25) is 0 Å². The van der Waals surface area contributed by atoms with E-state index in [1.807, 2.05) is 6.20 Å². The van der Waals surface area contributed by atoms with Crippen molar-refractivity contribution in [3.8, 4) is 44.6 Å². The summed E-state index contributed by atoms with van der Waals surface area (Å²) < 4.78 is 0. The zero-order valence-corrected chi connectivity index (χ0v) is 25.7. The van der Waals surface area contributed by atoms with Gasteiger partial charge in [0.1, 0.15) is 0 Å². The maximum Gasteiger partial charge on any atom is 0.0737 e. The number of hydrogen-bond donors (Lipinski definition) is 0. The predicted octanol–water partition coefficient (Wildman–Crippen LogP) is 12.1. The number of pyridine rings is 1. The van der Waals surface area contributed by atoms with E-state index in [2.05, 4.69) is 159 Å². The Kier molecular flexibility index (Phi) is 6.18. The summed E-state index contributed by atoms with van der Waals surface area (Å²) in [7, 11) is 0. The Hall–Kier alpha value is -5.79. The van der Waals surface area contributed by atoms with Gasteiger partial charge in [-0.25, -0.2) is 0 Å². The zero-order valence-electron chi connectivity index (χ0n) is 25.7. The van der Waals surface area contributed by atoms with Crippen LogP contribution in [0.5, 0.6) is 0 Å². The lowest BCUT2D eigenvalue weighted by atomic mass is 9.84. The van der Waals surface area contributed by atoms with Gasteiger partial charge in [0.25, 0.3) is 0 Å². The third kappa shape index (κ3) is 4.28. The minimum Gasteiger partial charge on any atom is -0.256 e. The second kappa shape index (κ2) is 10.7. The van der Waals surface area contributed by atoms with E-state index in [0.29, 0.717) is 0 Å². The molecule has 1 aliphatic carbocycles. The molecule has 0 atom stereocenters. The third-order valence-corrected chi connectivity index (χ3v) is 9.69. The molecule has 9 rings (SSSR count). The minimum absolute atomic E-state index is 1.00. The highest BCUT2D eigenvalue weighted by atomic mass is 14.7. The van der Waals surface area contributed by atoms with E-state index >= 15 is 0 Å². The van der Waals surface area contributed by atoms with Gasteiger partial charge in [-0.05, 0) is 120 Å². The molecule has 0 unspecified atom stereocenters. The molecular formula is C45H31N. The first-order valence-electron chi connectivity index (χ1n) is 16.0. The molecule has 8 aromatic rings. The van der Waals surface area contributed by atoms with Crippen molar-refractivity contribution in [1.29, 1.82) is 0 Å². The molecule has 0 spiro atoms. The molecule has 0 amide bonds. The Balaban J connectivity index is 1.37. The standard InChI is InChI=1S/C45H31N/c1-29-38(32-11-3-2-4-12-32)24-25-46-45(29)37-22-23-41-42(28-37)44(36-21-19-31-14-9-15-34(31)27-36)40-17-8-7-16-39(40)43(41)35-20-18-30-10-5-6-13-33(30)26-35/h2-13,15-28H,14H2,1H3. The molecule has 0 bridgehead atoms. The first-order valence-corrected chi connectivity index (χ1v) is 16.0. The van der Waals surface area contributed by atoms with E-state index in [1.54, 1.807) is 0 Å². The van der Waals surface area contributed by atoms with Crippen molar-refractivity contribution in [2.45, 2.75) is 13.3 Å². The summed E-state index contributed by atoms with van der Waals surface area (Å²) in [6, 6.07) is 51.2. The number of rotatable bonds is 4. The molecule has 46 heavy (non-hydrogen) atoms. The molecule has 0 fully saturated rings. The lowest BCUT2D eigenvalue weighted by Gasteiger charge is -2.20. The highest BCUT2D eigenvalue weighted by Crippen LogP contribution is 2.46. The van der Waals surface area contributed by atoms with Crippen LogP contribution in [-0.4, -0.2) is 4.98 Å². The van der Waals surface area contributed by atoms with E-state index in [9.17, 15) is 0 Å². The molecule has 7 aromatic carbocycles. The van der Waals surface area contributed by atoms with Gasteiger partial charge in [-0.1, -0.05) is 127 Å². The summed E-state index contributed by atoms with van der Waals surface area (Å²) >= 11 is 0. The van der Waals surface area contributed by atoms with E-state index in [0.717, 1.165) is 17.7 Å². The van der Waals surface area contributed by atoms with E-state index in [4.69, 9.17) is 4.98 Å². The van der Waals surface area contributed by atoms with Crippen LogP contribution in [0.1, 0.15) is 16.7 Å². The normalized spacial score (nSPS) is 12.3. The van der Waals surface area contributed by atoms with Crippen LogP contribution in [0.15, 0.2) is 152 Å². The minimum atomic E-state index is 1.00. The fraction of sp³-hybridized carbons (Fsp3) is 0.0444. The molecule has 1 heteroatoms. The summed E-state index contributed by atoms with van der Waals surface area (Å²) in [6.45, 7) is 2.20. The molecule has 0 saturated carbocycles. The Morgan fingerprint density at radius 2 is 1.17 bits per heavy atom. The van der Waals surface area contributed by atoms with Gasteiger partial charge in [-0.2, -0.15) is 0 Å². The monoisotopic (exact) mass is 585 g/mol. The van der Waals surface area contributed by atoms with Gasteiger partial charge in [-0.15, -0.1) is 0 Å². The van der Waals surface area contributed by atoms with Gasteiger partial charge in [0.2, 0.25) is 0 Å². The molecule has 0 aliphatic heterocycles. The summed E-state index contributed by atoms with van der Waals surface area (Å²) in [5.74, 6) is 0. The Morgan fingerprint density at radius 3 is 2.02 bits per heavy atom. The van der Waals surface area contributed by atoms with E-state index < -0.39 is 0 Å². The van der Waals surface area contributed by atoms with Crippen LogP contribution in [-0.2, 0) is 6.42 Å². The summed E-state index contributed by atoms with van der Waals surface area (Å²) in [5.41, 5.74) is 13.5. The molecule has 1 aromatic heterocycles. The summed E-state index contributed by atoms with van der Waals surface area (Å²) in [5, 5.41) is 7.53. The average molecular weight is 586 g/mol. The van der Waals surface area contributed by atoms with Crippen LogP contribution < -0.4 is 0 Å². The van der Waals surface area contributed by atoms with Crippen LogP contribution in [0, 0.1) is 6.92 Å². The maximum absolute atomic E-state index is 4.96. The number of fused-ring (bicyclic) bond motifs is 4. The van der Waals surface area contributed by atoms with Crippen molar-refractivity contribution in [2.75, 3.05) is 0 Å². The SMILES string of the molecule is Cc1c(-c2ccccc2)ccnc1-c1ccc2c(-c3ccc4ccccc4c3)c3ccccc3c(-c3ccc4c(c3)C=CC4)c2c1. The van der Waals surface area contributed by atoms with E-state index in [-0.39, 0.29) is 0 Å². The van der Waals surface area contributed by atoms with Crippen LogP contribution in [0.3, 0.4) is 0 Å². The van der Waals surface area contributed by atoms with Crippen molar-refractivity contribution in [3.05, 3.63) is 168 Å². The lowest BCUT2D eigenvalue weighted by molar-refractivity contribution is 1.27. The summed E-state index contributed by atoms with van der Waals surface area (Å²) in [6.07, 6.45) is 7.48. The second-order valence-electron chi connectivity index (χ2n) is 12.3. The molecule has 216 valence electrons. The predicted molar refractivity (Wildman–Crippen MR) is 196 cm³/mol. The van der Waals surface area contributed by atoms with Crippen molar-refractivity contribution < 1.29 is 0 Å². The topological polar surface area (TPSA) is 12.9 Å². The van der Waals surface area contributed by atoms with Gasteiger partial charge in [-0.3, -0.25) is 4.98 Å². The highest BCUT2D eigenvalue weighted by molar-refractivity contribution is 6.22. The highest BCUT2D eigenvalue weighted by Gasteiger charge is 2.20. The molecule has 0 radical (unpaired) electrons. The van der Waals surface area contributed by atoms with Crippen LogP contribution in [0.25, 0.3) is 83.0 Å². The number of nitrogens with zero attached hydrogens (tertiary/aromatic N) is 1. The largest absolute Gasteiger partial charge is 0.256 e. The first kappa shape index (κ1) is 26.6. The smallest absolute Gasteiger partial charge is 0.0737 e. The summed E-state index contributed by atoms with van der Waals surface area (Å²) in [4.78, 5) is 4.96. The Morgan fingerprint density at radius 1 is 0.500 bits per heavy atom. The molecule has 1 aliphatic rings. The first-order chi connectivity index (χ1) is 22.7. The van der Waals surface area contributed by atoms with Gasteiger partial charge >= 0.3 is 0 Å². The van der Waals surface area contributed by atoms with Crippen molar-refractivity contribution in [2.24, 2.45) is 0 Å². The molecule has 0 saturated heterocycles. The molecular weight excluding hydrogens is 555 g/mol. The maximum atomic E-state index is 4.96. The fourth-order valence-corrected chi connectivity index (χ4v) is 7.45. The zero-order chi connectivity index (χ0) is 30.6. The van der Waals surface area contributed by atoms with Crippen LogP contribution >= 0.6 is 0 Å². The fourth-order valence-electron chi connectivity index (χ4n) is 7.45. The van der Waals surface area contributed by atoms with Crippen molar-refractivity contribution >= 4 is 38.4 Å². The third-order valence-electron chi connectivity index (χ3n) is 9.69. The Labute approximate surface area is 269 Å². The Bertz CT molecular complexity index is 2500. The van der Waals surface area contributed by atoms with Crippen molar-refractivity contribution in [1.82, 2.24) is 4.98 Å². The quantitative estimate of drug-likeness (QED) is 0.187. The number of aromatic nitrogens is 1. The van der Waals surface area contributed by atoms with Crippen LogP contribution in [0.4, 0.5) is 0 Å². The van der Waals surface area contributed by atoms with Gasteiger partial charge in [0.15, 0.2) is 0 Å². The van der Waals surface area contributed by atoms with Crippen molar-refractivity contribution in [3.63, 3.8) is 0 Å². The number of hydrogen-bond acceptors (Lipinski definition) is 1. The van der Waals surface area contributed by atoms with Gasteiger partial charge in [0, 0.05) is 11.8 Å². The van der Waals surface area contributed by atoms with E-state index in [1.165, 1.54) is 82.4 Å². The van der Waals surface area contributed by atoms with Gasteiger partial charge in [0.05, 0.1) is 5.69 Å². The molecule has 1 nitrogen and oxygen atoms in total. The number of benzene rings is 7. The van der Waals surface area contributed by atoms with Gasteiger partial charge < -0.3 is 0 Å².